The number of hydrogen-bond acceptors (Lipinski definition) is 2. The van der Waals surface area contributed by atoms with Crippen LogP contribution in [0.15, 0.2) is 54.6 Å². The lowest BCUT2D eigenvalue weighted by Gasteiger charge is -2.08. The minimum absolute atomic E-state index is 0.650. The summed E-state index contributed by atoms with van der Waals surface area (Å²) in [4.78, 5) is 10.6. The third-order valence-corrected chi connectivity index (χ3v) is 2.74. The molecular formula is C16H14O3. The van der Waals surface area contributed by atoms with Crippen molar-refractivity contribution < 1.29 is 14.6 Å². The molecule has 3 nitrogen and oxygen atoms in total. The maximum Gasteiger partial charge on any atom is 0.328 e. The topological polar surface area (TPSA) is 46.5 Å². The van der Waals surface area contributed by atoms with E-state index in [-0.39, 0.29) is 0 Å². The molecule has 0 unspecified atom stereocenters. The highest BCUT2D eigenvalue weighted by molar-refractivity contribution is 5.86. The second-order valence-electron chi connectivity index (χ2n) is 3.99. The van der Waals surface area contributed by atoms with Crippen LogP contribution in [0.1, 0.15) is 5.56 Å². The van der Waals surface area contributed by atoms with Gasteiger partial charge in [-0.2, -0.15) is 0 Å². The Bertz CT molecular complexity index is 601. The van der Waals surface area contributed by atoms with Crippen molar-refractivity contribution in [3.8, 4) is 16.9 Å². The Hall–Kier alpha value is -2.55. The summed E-state index contributed by atoms with van der Waals surface area (Å²) in [7, 11) is 1.57. The van der Waals surface area contributed by atoms with Gasteiger partial charge in [0, 0.05) is 11.6 Å². The fourth-order valence-corrected chi connectivity index (χ4v) is 1.84. The lowest BCUT2D eigenvalue weighted by Crippen LogP contribution is -1.90. The normalized spacial score (nSPS) is 10.6. The van der Waals surface area contributed by atoms with Crippen LogP contribution in [0, 0.1) is 0 Å². The third-order valence-electron chi connectivity index (χ3n) is 2.74. The number of ether oxygens (including phenoxy) is 1. The SMILES string of the molecule is COc1ccc(-c2ccccc2)cc1/C=C/C(=O)O. The number of carboxylic acid groups (broad SMARTS) is 1. The average Bonchev–Trinajstić information content (AvgIpc) is 2.45. The van der Waals surface area contributed by atoms with Gasteiger partial charge >= 0.3 is 5.97 Å². The fourth-order valence-electron chi connectivity index (χ4n) is 1.84. The summed E-state index contributed by atoms with van der Waals surface area (Å²) < 4.78 is 5.22. The van der Waals surface area contributed by atoms with Crippen LogP contribution in [0.3, 0.4) is 0 Å². The Balaban J connectivity index is 2.44. The Kier molecular flexibility index (Phi) is 3.98. The first-order valence-electron chi connectivity index (χ1n) is 5.85. The molecule has 0 fully saturated rings. The van der Waals surface area contributed by atoms with E-state index in [4.69, 9.17) is 9.84 Å². The van der Waals surface area contributed by atoms with Crippen molar-refractivity contribution in [3.63, 3.8) is 0 Å². The molecule has 2 aromatic carbocycles. The predicted octanol–water partition coefficient (Wildman–Crippen LogP) is 3.46. The van der Waals surface area contributed by atoms with Crippen LogP contribution in [-0.2, 0) is 4.79 Å². The van der Waals surface area contributed by atoms with E-state index in [1.807, 2.05) is 48.5 Å². The Labute approximate surface area is 111 Å². The summed E-state index contributed by atoms with van der Waals surface area (Å²) in [5.74, 6) is -0.329. The molecule has 2 aromatic rings. The predicted molar refractivity (Wildman–Crippen MR) is 75.1 cm³/mol. The minimum Gasteiger partial charge on any atom is -0.496 e. The molecule has 2 rings (SSSR count). The molecule has 0 spiro atoms. The van der Waals surface area contributed by atoms with Crippen LogP contribution < -0.4 is 4.74 Å². The number of methoxy groups -OCH3 is 1. The molecule has 0 aliphatic rings. The maximum atomic E-state index is 10.6. The third kappa shape index (κ3) is 3.22. The van der Waals surface area contributed by atoms with Gasteiger partial charge in [0.1, 0.15) is 5.75 Å². The van der Waals surface area contributed by atoms with Crippen LogP contribution in [0.5, 0.6) is 5.75 Å². The van der Waals surface area contributed by atoms with Crippen LogP contribution in [0.25, 0.3) is 17.2 Å². The molecule has 0 heterocycles. The van der Waals surface area contributed by atoms with E-state index in [1.54, 1.807) is 7.11 Å². The largest absolute Gasteiger partial charge is 0.496 e. The van der Waals surface area contributed by atoms with Crippen molar-refractivity contribution in [3.05, 3.63) is 60.2 Å². The second kappa shape index (κ2) is 5.87. The van der Waals surface area contributed by atoms with Gasteiger partial charge in [-0.15, -0.1) is 0 Å². The van der Waals surface area contributed by atoms with Gasteiger partial charge in [0.05, 0.1) is 7.11 Å². The van der Waals surface area contributed by atoms with Crippen molar-refractivity contribution in [1.29, 1.82) is 0 Å². The molecule has 0 atom stereocenters. The number of carboxylic acids is 1. The monoisotopic (exact) mass is 254 g/mol. The molecule has 0 saturated carbocycles. The van der Waals surface area contributed by atoms with E-state index in [9.17, 15) is 4.79 Å². The molecule has 0 amide bonds. The quantitative estimate of drug-likeness (QED) is 0.850. The Morgan fingerprint density at radius 1 is 1.11 bits per heavy atom. The summed E-state index contributed by atoms with van der Waals surface area (Å²) in [6.45, 7) is 0. The van der Waals surface area contributed by atoms with Crippen molar-refractivity contribution >= 4 is 12.0 Å². The first kappa shape index (κ1) is 12.9. The van der Waals surface area contributed by atoms with Crippen LogP contribution in [0.4, 0.5) is 0 Å². The number of carbonyl (C=O) groups is 1. The molecule has 19 heavy (non-hydrogen) atoms. The number of hydrogen-bond donors (Lipinski definition) is 1. The Morgan fingerprint density at radius 3 is 2.47 bits per heavy atom. The van der Waals surface area contributed by atoms with Gasteiger partial charge in [0.15, 0.2) is 0 Å². The molecule has 0 bridgehead atoms. The van der Waals surface area contributed by atoms with E-state index in [0.29, 0.717) is 5.75 Å². The summed E-state index contributed by atoms with van der Waals surface area (Å²) in [5.41, 5.74) is 2.84. The molecule has 1 N–H and O–H groups in total. The Morgan fingerprint density at radius 2 is 1.84 bits per heavy atom. The highest BCUT2D eigenvalue weighted by atomic mass is 16.5. The van der Waals surface area contributed by atoms with Gasteiger partial charge in [0.25, 0.3) is 0 Å². The van der Waals surface area contributed by atoms with Crippen LogP contribution in [-0.4, -0.2) is 18.2 Å². The smallest absolute Gasteiger partial charge is 0.328 e. The number of aliphatic carboxylic acids is 1. The van der Waals surface area contributed by atoms with Gasteiger partial charge in [0.2, 0.25) is 0 Å². The van der Waals surface area contributed by atoms with E-state index in [1.165, 1.54) is 6.08 Å². The molecule has 0 aliphatic carbocycles. The first-order valence-corrected chi connectivity index (χ1v) is 5.85. The number of rotatable bonds is 4. The highest BCUT2D eigenvalue weighted by Crippen LogP contribution is 2.27. The summed E-state index contributed by atoms with van der Waals surface area (Å²) >= 11 is 0. The lowest BCUT2D eigenvalue weighted by molar-refractivity contribution is -0.131. The summed E-state index contributed by atoms with van der Waals surface area (Å²) in [6.07, 6.45) is 2.64. The second-order valence-corrected chi connectivity index (χ2v) is 3.99. The molecule has 0 aliphatic heterocycles. The van der Waals surface area contributed by atoms with Crippen molar-refractivity contribution in [2.75, 3.05) is 7.11 Å². The minimum atomic E-state index is -0.979. The van der Waals surface area contributed by atoms with E-state index < -0.39 is 5.97 Å². The standard InChI is InChI=1S/C16H14O3/c1-19-15-9-7-13(12-5-3-2-4-6-12)11-14(15)8-10-16(17)18/h2-11H,1H3,(H,17,18)/b10-8+. The molecule has 3 heteroatoms. The lowest BCUT2D eigenvalue weighted by atomic mass is 10.0. The summed E-state index contributed by atoms with van der Waals surface area (Å²) in [6, 6.07) is 15.6. The van der Waals surface area contributed by atoms with Gasteiger partial charge in [-0.3, -0.25) is 0 Å². The zero-order valence-corrected chi connectivity index (χ0v) is 10.5. The molecular weight excluding hydrogens is 240 g/mol. The van der Waals surface area contributed by atoms with Crippen molar-refractivity contribution in [2.45, 2.75) is 0 Å². The van der Waals surface area contributed by atoms with E-state index in [2.05, 4.69) is 0 Å². The van der Waals surface area contributed by atoms with Gasteiger partial charge in [-0.05, 0) is 29.3 Å². The molecule has 96 valence electrons. The summed E-state index contributed by atoms with van der Waals surface area (Å²) in [5, 5.41) is 8.70. The number of benzene rings is 2. The maximum absolute atomic E-state index is 10.6. The highest BCUT2D eigenvalue weighted by Gasteiger charge is 2.04. The van der Waals surface area contributed by atoms with Gasteiger partial charge in [-0.1, -0.05) is 36.4 Å². The molecule has 0 aromatic heterocycles. The fraction of sp³-hybridized carbons (Fsp3) is 0.0625. The van der Waals surface area contributed by atoms with Gasteiger partial charge < -0.3 is 9.84 Å². The zero-order chi connectivity index (χ0) is 13.7. The zero-order valence-electron chi connectivity index (χ0n) is 10.5. The van der Waals surface area contributed by atoms with Crippen LogP contribution in [0.2, 0.25) is 0 Å². The van der Waals surface area contributed by atoms with Crippen molar-refractivity contribution in [1.82, 2.24) is 0 Å². The van der Waals surface area contributed by atoms with Crippen LogP contribution >= 0.6 is 0 Å². The first-order chi connectivity index (χ1) is 9.20. The van der Waals surface area contributed by atoms with E-state index >= 15 is 0 Å². The van der Waals surface area contributed by atoms with Gasteiger partial charge in [-0.25, -0.2) is 4.79 Å². The average molecular weight is 254 g/mol. The van der Waals surface area contributed by atoms with Crippen molar-refractivity contribution in [2.24, 2.45) is 0 Å². The molecule has 0 saturated heterocycles. The van der Waals surface area contributed by atoms with E-state index in [0.717, 1.165) is 22.8 Å². The molecule has 0 radical (unpaired) electrons.